The zero-order valence-corrected chi connectivity index (χ0v) is 12.4. The molecule has 5 N–H and O–H groups in total. The molecular formula is C11H21BrN6. The Bertz CT molecular complexity index is 366. The maximum atomic E-state index is 5.72. The van der Waals surface area contributed by atoms with Crippen molar-refractivity contribution >= 4 is 27.6 Å². The number of nitrogens with zero attached hydrogens (tertiary/aromatic N) is 3. The highest BCUT2D eigenvalue weighted by Gasteiger charge is 2.02. The molecule has 0 bridgehead atoms. The molecule has 7 heteroatoms. The van der Waals surface area contributed by atoms with E-state index in [0.29, 0.717) is 12.4 Å². The molecule has 0 aromatic carbocycles. The first-order valence-electron chi connectivity index (χ1n) is 5.60. The third kappa shape index (κ3) is 6.41. The predicted molar refractivity (Wildman–Crippen MR) is 80.2 cm³/mol. The van der Waals surface area contributed by atoms with Crippen LogP contribution in [0, 0.1) is 0 Å². The highest BCUT2D eigenvalue weighted by molar-refractivity contribution is 9.08. The van der Waals surface area contributed by atoms with E-state index < -0.39 is 0 Å². The molecule has 1 rings (SSSR count). The minimum Gasteiger partial charge on any atom is -0.384 e. The third-order valence-electron chi connectivity index (χ3n) is 2.04. The van der Waals surface area contributed by atoms with E-state index in [9.17, 15) is 0 Å². The Morgan fingerprint density at radius 1 is 1.39 bits per heavy atom. The van der Waals surface area contributed by atoms with Gasteiger partial charge in [-0.3, -0.25) is 5.10 Å². The number of likely N-dealkylation sites (N-methyl/N-ethyl adjacent to an activating group) is 1. The molecule has 1 aromatic rings. The number of nitrogens with one attached hydrogen (secondary N) is 1. The van der Waals surface area contributed by atoms with Gasteiger partial charge >= 0.3 is 0 Å². The Balaban J connectivity index is 0.00000137. The van der Waals surface area contributed by atoms with Crippen LogP contribution in [0.3, 0.4) is 0 Å². The number of aromatic amines is 1. The quantitative estimate of drug-likeness (QED) is 0.728. The van der Waals surface area contributed by atoms with E-state index in [4.69, 9.17) is 11.5 Å². The maximum absolute atomic E-state index is 5.72. The van der Waals surface area contributed by atoms with E-state index >= 15 is 0 Å². The topological polar surface area (TPSA) is 96.8 Å². The Morgan fingerprint density at radius 3 is 2.72 bits per heavy atom. The summed E-state index contributed by atoms with van der Waals surface area (Å²) >= 11 is 2.94. The second-order valence-corrected chi connectivity index (χ2v) is 3.19. The van der Waals surface area contributed by atoms with Gasteiger partial charge in [0.05, 0.1) is 0 Å². The van der Waals surface area contributed by atoms with Crippen molar-refractivity contribution < 1.29 is 0 Å². The molecule has 0 fully saturated rings. The van der Waals surface area contributed by atoms with Gasteiger partial charge in [0, 0.05) is 38.1 Å². The van der Waals surface area contributed by atoms with Crippen LogP contribution in [-0.2, 0) is 0 Å². The Kier molecular flexibility index (Phi) is 9.99. The lowest BCUT2D eigenvalue weighted by Gasteiger charge is -2.20. The van der Waals surface area contributed by atoms with Gasteiger partial charge in [-0.25, -0.2) is 4.98 Å². The number of halogens is 1. The second kappa shape index (κ2) is 10.8. The molecule has 0 amide bonds. The van der Waals surface area contributed by atoms with Crippen LogP contribution in [0.5, 0.6) is 0 Å². The van der Waals surface area contributed by atoms with Crippen LogP contribution in [0.25, 0.3) is 0 Å². The van der Waals surface area contributed by atoms with Crippen molar-refractivity contribution in [3.8, 4) is 0 Å². The summed E-state index contributed by atoms with van der Waals surface area (Å²) in [6.07, 6.45) is 3.27. The first-order valence-corrected chi connectivity index (χ1v) is 7.18. The third-order valence-corrected chi connectivity index (χ3v) is 2.04. The zero-order valence-electron chi connectivity index (χ0n) is 10.8. The average Bonchev–Trinajstić information content (AvgIpc) is 2.50. The molecule has 1 aromatic heterocycles. The van der Waals surface area contributed by atoms with Crippen molar-refractivity contribution in [2.24, 2.45) is 5.73 Å². The summed E-state index contributed by atoms with van der Waals surface area (Å²) in [5.41, 5.74) is 11.3. The number of H-pyrrole nitrogens is 1. The molecule has 18 heavy (non-hydrogen) atoms. The minimum absolute atomic E-state index is 0.453. The maximum Gasteiger partial charge on any atom is 0.132 e. The number of nitrogen functional groups attached to an aromatic ring is 1. The SMILES string of the molecule is CBr.CCN(CCN)c1cc(N)[nH]ncccn1. The summed E-state index contributed by atoms with van der Waals surface area (Å²) in [6, 6.07) is 3.47. The van der Waals surface area contributed by atoms with E-state index in [1.807, 2.05) is 17.7 Å². The van der Waals surface area contributed by atoms with E-state index in [2.05, 4.69) is 31.1 Å². The molecule has 1 heterocycles. The van der Waals surface area contributed by atoms with Gasteiger partial charge in [0.15, 0.2) is 0 Å². The Morgan fingerprint density at radius 2 is 2.11 bits per heavy atom. The number of hydrogen-bond acceptors (Lipinski definition) is 5. The zero-order chi connectivity index (χ0) is 13.8. The van der Waals surface area contributed by atoms with E-state index in [1.54, 1.807) is 24.5 Å². The molecule has 6 nitrogen and oxygen atoms in total. The number of rotatable bonds is 4. The van der Waals surface area contributed by atoms with Gasteiger partial charge in [0.1, 0.15) is 11.6 Å². The summed E-state index contributed by atoms with van der Waals surface area (Å²) < 4.78 is 0. The predicted octanol–water partition coefficient (Wildman–Crippen LogP) is 1.31. The fourth-order valence-corrected chi connectivity index (χ4v) is 1.28. The van der Waals surface area contributed by atoms with Crippen LogP contribution in [0.4, 0.5) is 11.6 Å². The van der Waals surface area contributed by atoms with Crippen LogP contribution in [0.15, 0.2) is 24.5 Å². The van der Waals surface area contributed by atoms with E-state index in [1.165, 1.54) is 0 Å². The van der Waals surface area contributed by atoms with Crippen LogP contribution < -0.4 is 16.4 Å². The molecule has 0 aliphatic carbocycles. The number of anilines is 2. The monoisotopic (exact) mass is 316 g/mol. The molecule has 0 atom stereocenters. The van der Waals surface area contributed by atoms with Crippen LogP contribution in [-0.4, -0.2) is 40.6 Å². The lowest BCUT2D eigenvalue weighted by molar-refractivity contribution is 0.803. The van der Waals surface area contributed by atoms with E-state index in [-0.39, 0.29) is 0 Å². The highest BCUT2D eigenvalue weighted by atomic mass is 79.9. The minimum atomic E-state index is 0.453. The van der Waals surface area contributed by atoms with Crippen molar-refractivity contribution in [1.82, 2.24) is 15.2 Å². The molecule has 0 radical (unpaired) electrons. The Labute approximate surface area is 116 Å². The van der Waals surface area contributed by atoms with Gasteiger partial charge in [-0.2, -0.15) is 5.10 Å². The van der Waals surface area contributed by atoms with Crippen molar-refractivity contribution in [3.63, 3.8) is 0 Å². The summed E-state index contributed by atoms with van der Waals surface area (Å²) in [6.45, 7) is 4.19. The molecule has 0 unspecified atom stereocenters. The first-order chi connectivity index (χ1) is 8.77. The molecule has 0 spiro atoms. The normalized spacial score (nSPS) is 8.89. The summed E-state index contributed by atoms with van der Waals surface area (Å²) in [5, 5.41) is 6.56. The fourth-order valence-electron chi connectivity index (χ4n) is 1.28. The smallest absolute Gasteiger partial charge is 0.132 e. The molecule has 0 aliphatic heterocycles. The fraction of sp³-hybridized carbons (Fsp3) is 0.455. The largest absolute Gasteiger partial charge is 0.384 e. The highest BCUT2D eigenvalue weighted by Crippen LogP contribution is 2.08. The van der Waals surface area contributed by atoms with Gasteiger partial charge in [-0.1, -0.05) is 15.9 Å². The van der Waals surface area contributed by atoms with Gasteiger partial charge in [0.2, 0.25) is 0 Å². The number of hydrogen-bond donors (Lipinski definition) is 3. The second-order valence-electron chi connectivity index (χ2n) is 3.19. The first kappa shape index (κ1) is 16.7. The molecule has 0 aliphatic rings. The van der Waals surface area contributed by atoms with Gasteiger partial charge < -0.3 is 16.4 Å². The summed E-state index contributed by atoms with van der Waals surface area (Å²) in [4.78, 5) is 6.35. The lowest BCUT2D eigenvalue weighted by Crippen LogP contribution is -2.29. The summed E-state index contributed by atoms with van der Waals surface area (Å²) in [5.74, 6) is 3.04. The van der Waals surface area contributed by atoms with E-state index in [0.717, 1.165) is 18.9 Å². The molecule has 0 saturated carbocycles. The van der Waals surface area contributed by atoms with Crippen LogP contribution in [0.1, 0.15) is 6.92 Å². The summed E-state index contributed by atoms with van der Waals surface area (Å²) in [7, 11) is 0. The molecule has 0 saturated heterocycles. The Hall–Kier alpha value is -1.34. The van der Waals surface area contributed by atoms with Crippen molar-refractivity contribution in [2.45, 2.75) is 6.92 Å². The number of nitrogens with two attached hydrogens (primary N) is 2. The number of aromatic nitrogens is 3. The lowest BCUT2D eigenvalue weighted by atomic mass is 10.4. The standard InChI is InChI=1S/C10H18N6.CH3Br/c1-2-16(7-4-11)10-8-9(12)15-14-6-3-5-13-10;1-2/h3,5-6,8,15H,2,4,7,11-12H2,1H3;1H3. The van der Waals surface area contributed by atoms with Gasteiger partial charge in [-0.05, 0) is 18.8 Å². The average molecular weight is 317 g/mol. The van der Waals surface area contributed by atoms with Crippen LogP contribution >= 0.6 is 15.9 Å². The number of alkyl halides is 1. The van der Waals surface area contributed by atoms with Gasteiger partial charge in [-0.15, -0.1) is 0 Å². The van der Waals surface area contributed by atoms with Crippen molar-refractivity contribution in [1.29, 1.82) is 0 Å². The molecule has 102 valence electrons. The van der Waals surface area contributed by atoms with Crippen LogP contribution in [0.2, 0.25) is 0 Å². The van der Waals surface area contributed by atoms with Crippen molar-refractivity contribution in [2.75, 3.05) is 36.1 Å². The van der Waals surface area contributed by atoms with Gasteiger partial charge in [0.25, 0.3) is 0 Å². The molecular weight excluding hydrogens is 296 g/mol. The van der Waals surface area contributed by atoms with Crippen molar-refractivity contribution in [3.05, 3.63) is 24.5 Å².